The third-order valence-corrected chi connectivity index (χ3v) is 5.47. The molecule has 0 fully saturated rings. The first-order chi connectivity index (χ1) is 18.0. The summed E-state index contributed by atoms with van der Waals surface area (Å²) in [5.74, 6) is 0. The van der Waals surface area contributed by atoms with E-state index in [9.17, 15) is 0 Å². The van der Waals surface area contributed by atoms with Crippen molar-refractivity contribution in [2.75, 3.05) is 0 Å². The molecule has 0 saturated carbocycles. The molecule has 37 heavy (non-hydrogen) atoms. The van der Waals surface area contributed by atoms with Gasteiger partial charge in [0.15, 0.2) is 0 Å². The van der Waals surface area contributed by atoms with Crippen molar-refractivity contribution in [2.24, 2.45) is 11.5 Å². The molecule has 0 saturated heterocycles. The molecule has 0 bridgehead atoms. The first kappa shape index (κ1) is 31.0. The summed E-state index contributed by atoms with van der Waals surface area (Å²) in [5.41, 5.74) is 19.6. The second-order valence-corrected chi connectivity index (χ2v) is 8.54. The largest absolute Gasteiger partial charge is 0.404 e. The summed E-state index contributed by atoms with van der Waals surface area (Å²) in [5, 5.41) is 0. The Balaban J connectivity index is 0.000000335. The van der Waals surface area contributed by atoms with Crippen molar-refractivity contribution in [3.8, 4) is 0 Å². The van der Waals surface area contributed by atoms with Crippen LogP contribution in [0.4, 0.5) is 0 Å². The lowest BCUT2D eigenvalue weighted by Gasteiger charge is -2.08. The average Bonchev–Trinajstić information content (AvgIpc) is 2.94. The maximum absolute atomic E-state index is 5.95. The van der Waals surface area contributed by atoms with Crippen LogP contribution >= 0.6 is 0 Å². The van der Waals surface area contributed by atoms with Gasteiger partial charge in [-0.05, 0) is 67.0 Å². The van der Waals surface area contributed by atoms with Gasteiger partial charge < -0.3 is 11.5 Å². The van der Waals surface area contributed by atoms with Crippen LogP contribution in [0.5, 0.6) is 0 Å². The van der Waals surface area contributed by atoms with Crippen LogP contribution in [0.2, 0.25) is 0 Å². The van der Waals surface area contributed by atoms with Crippen LogP contribution in [-0.4, -0.2) is 0 Å². The molecule has 0 heterocycles. The molecular weight excluding hydrogens is 448 g/mol. The van der Waals surface area contributed by atoms with Gasteiger partial charge in [0.1, 0.15) is 0 Å². The summed E-state index contributed by atoms with van der Waals surface area (Å²) in [6, 6.07) is 30.7. The molecule has 2 heteroatoms. The SMILES string of the molecule is C=CCC.CC(=C/Cc1ccccc1)/C(=C\N)c1ccccc1.CC/C=C(C)\C=C(/N)c1ccccc1. The topological polar surface area (TPSA) is 52.0 Å². The highest BCUT2D eigenvalue weighted by atomic mass is 14.6. The summed E-state index contributed by atoms with van der Waals surface area (Å²) in [6.45, 7) is 11.8. The lowest BCUT2D eigenvalue weighted by atomic mass is 9.98. The van der Waals surface area contributed by atoms with Gasteiger partial charge in [0.25, 0.3) is 0 Å². The number of nitrogens with two attached hydrogens (primary N) is 2. The van der Waals surface area contributed by atoms with Gasteiger partial charge in [-0.1, -0.05) is 129 Å². The molecule has 0 aliphatic heterocycles. The minimum Gasteiger partial charge on any atom is -0.404 e. The monoisotopic (exact) mass is 492 g/mol. The van der Waals surface area contributed by atoms with Gasteiger partial charge in [0.2, 0.25) is 0 Å². The standard InChI is InChI=1S/C18H19N.C13H17N.C4H8/c1-15(12-13-16-8-4-2-5-9-16)18(14-19)17-10-6-3-7-11-17;1-3-7-11(2)10-13(14)12-8-5-4-6-9-12;1-3-4-2/h2-12,14H,13,19H2,1H3;4-10H,3,14H2,1-2H3;3H,1,4H2,2H3/b15-12-,18-14+;11-7-,13-10-;. The molecule has 0 aliphatic carbocycles. The van der Waals surface area contributed by atoms with Crippen molar-refractivity contribution >= 4 is 11.3 Å². The van der Waals surface area contributed by atoms with Crippen LogP contribution < -0.4 is 11.5 Å². The van der Waals surface area contributed by atoms with Crippen molar-refractivity contribution in [1.82, 2.24) is 0 Å². The molecule has 3 rings (SSSR count). The molecule has 194 valence electrons. The van der Waals surface area contributed by atoms with Crippen LogP contribution in [0.3, 0.4) is 0 Å². The van der Waals surface area contributed by atoms with Crippen LogP contribution in [-0.2, 0) is 6.42 Å². The highest BCUT2D eigenvalue weighted by molar-refractivity contribution is 5.78. The fraction of sp³-hybridized carbons (Fsp3) is 0.200. The smallest absolute Gasteiger partial charge is 0.0390 e. The Morgan fingerprint density at radius 3 is 1.68 bits per heavy atom. The summed E-state index contributed by atoms with van der Waals surface area (Å²) in [4.78, 5) is 0. The second kappa shape index (κ2) is 19.2. The summed E-state index contributed by atoms with van der Waals surface area (Å²) >= 11 is 0. The van der Waals surface area contributed by atoms with E-state index in [4.69, 9.17) is 11.5 Å². The zero-order valence-corrected chi connectivity index (χ0v) is 23.0. The molecule has 0 amide bonds. The van der Waals surface area contributed by atoms with Crippen molar-refractivity contribution in [2.45, 2.75) is 47.0 Å². The van der Waals surface area contributed by atoms with E-state index < -0.39 is 0 Å². The van der Waals surface area contributed by atoms with Gasteiger partial charge in [-0.2, -0.15) is 0 Å². The Morgan fingerprint density at radius 2 is 1.22 bits per heavy atom. The molecule has 0 aromatic heterocycles. The summed E-state index contributed by atoms with van der Waals surface area (Å²) in [6.07, 6.45) is 13.0. The lowest BCUT2D eigenvalue weighted by molar-refractivity contribution is 1.20. The third kappa shape index (κ3) is 13.0. The van der Waals surface area contributed by atoms with Gasteiger partial charge in [0.05, 0.1) is 0 Å². The first-order valence-corrected chi connectivity index (χ1v) is 12.9. The number of hydrogen-bond acceptors (Lipinski definition) is 2. The number of hydrogen-bond donors (Lipinski definition) is 2. The van der Waals surface area contributed by atoms with Crippen molar-refractivity contribution in [1.29, 1.82) is 0 Å². The first-order valence-electron chi connectivity index (χ1n) is 12.9. The Bertz CT molecular complexity index is 1140. The number of allylic oxidation sites excluding steroid dienone is 7. The number of rotatable bonds is 8. The van der Waals surface area contributed by atoms with E-state index in [2.05, 4.69) is 82.8 Å². The Labute approximate surface area is 225 Å². The van der Waals surface area contributed by atoms with Crippen molar-refractivity contribution in [3.63, 3.8) is 0 Å². The quantitative estimate of drug-likeness (QED) is 0.243. The highest BCUT2D eigenvalue weighted by Gasteiger charge is 2.02. The van der Waals surface area contributed by atoms with E-state index in [1.54, 1.807) is 6.20 Å². The Kier molecular flexibility index (Phi) is 16.1. The zero-order valence-electron chi connectivity index (χ0n) is 23.0. The van der Waals surface area contributed by atoms with E-state index in [0.717, 1.165) is 41.7 Å². The normalized spacial score (nSPS) is 12.0. The van der Waals surface area contributed by atoms with Crippen LogP contribution in [0, 0.1) is 0 Å². The van der Waals surface area contributed by atoms with Crippen LogP contribution in [0.15, 0.2) is 139 Å². The molecule has 0 spiro atoms. The van der Waals surface area contributed by atoms with Crippen LogP contribution in [0.25, 0.3) is 11.3 Å². The highest BCUT2D eigenvalue weighted by Crippen LogP contribution is 2.22. The zero-order chi connectivity index (χ0) is 27.3. The molecule has 0 radical (unpaired) electrons. The molecule has 4 N–H and O–H groups in total. The Morgan fingerprint density at radius 1 is 0.730 bits per heavy atom. The van der Waals surface area contributed by atoms with Gasteiger partial charge in [-0.15, -0.1) is 6.58 Å². The Hall–Kier alpha value is -4.04. The summed E-state index contributed by atoms with van der Waals surface area (Å²) < 4.78 is 0. The van der Waals surface area contributed by atoms with Crippen molar-refractivity contribution < 1.29 is 0 Å². The molecule has 2 nitrogen and oxygen atoms in total. The molecule has 0 atom stereocenters. The van der Waals surface area contributed by atoms with Gasteiger partial charge >= 0.3 is 0 Å². The molecule has 3 aromatic rings. The maximum atomic E-state index is 5.95. The molecule has 0 unspecified atom stereocenters. The fourth-order valence-corrected chi connectivity index (χ4v) is 3.41. The van der Waals surface area contributed by atoms with Gasteiger partial charge in [-0.25, -0.2) is 0 Å². The van der Waals surface area contributed by atoms with Crippen LogP contribution in [0.1, 0.15) is 57.2 Å². The van der Waals surface area contributed by atoms with Gasteiger partial charge in [0, 0.05) is 11.9 Å². The van der Waals surface area contributed by atoms with E-state index >= 15 is 0 Å². The molecular formula is C35H44N2. The third-order valence-electron chi connectivity index (χ3n) is 5.47. The van der Waals surface area contributed by atoms with E-state index in [1.807, 2.05) is 66.7 Å². The van der Waals surface area contributed by atoms with Crippen molar-refractivity contribution in [3.05, 3.63) is 156 Å². The average molecular weight is 493 g/mol. The lowest BCUT2D eigenvalue weighted by Crippen LogP contribution is -1.95. The summed E-state index contributed by atoms with van der Waals surface area (Å²) in [7, 11) is 0. The number of benzene rings is 3. The second-order valence-electron chi connectivity index (χ2n) is 8.54. The predicted octanol–water partition coefficient (Wildman–Crippen LogP) is 9.10. The van der Waals surface area contributed by atoms with E-state index in [1.165, 1.54) is 16.7 Å². The minimum atomic E-state index is 0.827. The molecule has 0 aliphatic rings. The minimum absolute atomic E-state index is 0.827. The molecule has 3 aromatic carbocycles. The van der Waals surface area contributed by atoms with E-state index in [0.29, 0.717) is 0 Å². The maximum Gasteiger partial charge on any atom is 0.0390 e. The van der Waals surface area contributed by atoms with E-state index in [-0.39, 0.29) is 0 Å². The predicted molar refractivity (Wildman–Crippen MR) is 166 cm³/mol. The van der Waals surface area contributed by atoms with Gasteiger partial charge in [-0.3, -0.25) is 0 Å². The fourth-order valence-electron chi connectivity index (χ4n) is 3.41.